The van der Waals surface area contributed by atoms with Gasteiger partial charge in [0, 0.05) is 17.4 Å². The summed E-state index contributed by atoms with van der Waals surface area (Å²) in [4.78, 5) is 11.6. The van der Waals surface area contributed by atoms with Crippen LogP contribution in [0.1, 0.15) is 21.5 Å². The van der Waals surface area contributed by atoms with E-state index >= 15 is 0 Å². The van der Waals surface area contributed by atoms with Gasteiger partial charge in [-0.05, 0) is 26.0 Å². The first-order valence-corrected chi connectivity index (χ1v) is 5.68. The lowest BCUT2D eigenvalue weighted by molar-refractivity contribution is 0.0956. The monoisotopic (exact) mass is 255 g/mol. The second kappa shape index (κ2) is 5.15. The van der Waals surface area contributed by atoms with E-state index in [1.165, 1.54) is 0 Å². The van der Waals surface area contributed by atoms with Crippen LogP contribution in [0.4, 0.5) is 0 Å². The fraction of sp³-hybridized carbons (Fsp3) is 0.364. The van der Waals surface area contributed by atoms with Crippen molar-refractivity contribution in [2.45, 2.75) is 13.8 Å². The molecule has 0 aliphatic rings. The Hall–Kier alpha value is -0.830. The van der Waals surface area contributed by atoms with Gasteiger partial charge >= 0.3 is 0 Å². The van der Waals surface area contributed by atoms with Crippen molar-refractivity contribution in [1.82, 2.24) is 5.32 Å². The Labute approximate surface area is 92.8 Å². The van der Waals surface area contributed by atoms with Gasteiger partial charge in [0.05, 0.1) is 0 Å². The summed E-state index contributed by atoms with van der Waals surface area (Å²) >= 11 is 3.26. The summed E-state index contributed by atoms with van der Waals surface area (Å²) in [7, 11) is 0. The molecular weight excluding hydrogens is 242 g/mol. The molecule has 1 amide bonds. The van der Waals surface area contributed by atoms with Crippen LogP contribution < -0.4 is 5.32 Å². The van der Waals surface area contributed by atoms with Gasteiger partial charge in [-0.25, -0.2) is 0 Å². The van der Waals surface area contributed by atoms with Crippen molar-refractivity contribution in [3.05, 3.63) is 34.9 Å². The number of hydrogen-bond donors (Lipinski definition) is 1. The van der Waals surface area contributed by atoms with E-state index in [1.54, 1.807) is 0 Å². The van der Waals surface area contributed by atoms with E-state index in [2.05, 4.69) is 27.3 Å². The second-order valence-electron chi connectivity index (χ2n) is 3.32. The van der Waals surface area contributed by atoms with Crippen LogP contribution in [-0.2, 0) is 0 Å². The maximum absolute atomic E-state index is 11.6. The van der Waals surface area contributed by atoms with Crippen LogP contribution in [0.25, 0.3) is 0 Å². The first-order valence-electron chi connectivity index (χ1n) is 4.56. The molecule has 1 rings (SSSR count). The van der Waals surface area contributed by atoms with Crippen LogP contribution >= 0.6 is 15.9 Å². The van der Waals surface area contributed by atoms with E-state index < -0.39 is 0 Å². The summed E-state index contributed by atoms with van der Waals surface area (Å²) in [5.41, 5.74) is 2.98. The Morgan fingerprint density at radius 3 is 2.36 bits per heavy atom. The van der Waals surface area contributed by atoms with Crippen molar-refractivity contribution in [3.8, 4) is 0 Å². The number of amides is 1. The zero-order chi connectivity index (χ0) is 10.6. The lowest BCUT2D eigenvalue weighted by Crippen LogP contribution is -2.25. The van der Waals surface area contributed by atoms with Crippen molar-refractivity contribution < 1.29 is 4.79 Å². The molecule has 0 fully saturated rings. The average Bonchev–Trinajstić information content (AvgIpc) is 2.12. The van der Waals surface area contributed by atoms with Gasteiger partial charge in [0.1, 0.15) is 0 Å². The maximum Gasteiger partial charge on any atom is 0.251 e. The van der Waals surface area contributed by atoms with Gasteiger partial charge in [-0.3, -0.25) is 4.79 Å². The third kappa shape index (κ3) is 3.14. The Kier molecular flexibility index (Phi) is 4.14. The van der Waals surface area contributed by atoms with Gasteiger partial charge in [0.25, 0.3) is 5.91 Å². The number of carbonyl (C=O) groups excluding carboxylic acids is 1. The Morgan fingerprint density at radius 1 is 1.29 bits per heavy atom. The van der Waals surface area contributed by atoms with Crippen LogP contribution in [0.2, 0.25) is 0 Å². The lowest BCUT2D eigenvalue weighted by atomic mass is 10.1. The third-order valence-corrected chi connectivity index (χ3v) is 2.26. The molecule has 0 saturated carbocycles. The highest BCUT2D eigenvalue weighted by molar-refractivity contribution is 9.09. The van der Waals surface area contributed by atoms with Crippen molar-refractivity contribution in [2.24, 2.45) is 0 Å². The smallest absolute Gasteiger partial charge is 0.251 e. The van der Waals surface area contributed by atoms with E-state index in [0.717, 1.165) is 22.0 Å². The molecule has 0 atom stereocenters. The zero-order valence-electron chi connectivity index (χ0n) is 8.43. The summed E-state index contributed by atoms with van der Waals surface area (Å²) < 4.78 is 0. The Bertz CT molecular complexity index is 316. The molecule has 1 aromatic rings. The van der Waals surface area contributed by atoms with Gasteiger partial charge in [-0.2, -0.15) is 0 Å². The summed E-state index contributed by atoms with van der Waals surface area (Å²) in [6.07, 6.45) is 0. The molecule has 1 N–H and O–H groups in total. The number of halogens is 1. The highest BCUT2D eigenvalue weighted by atomic mass is 79.9. The van der Waals surface area contributed by atoms with Crippen LogP contribution in [0.3, 0.4) is 0 Å². The standard InChI is InChI=1S/C11H14BrNO/c1-8-5-9(2)7-10(6-8)11(14)13-4-3-12/h5-7H,3-4H2,1-2H3,(H,13,14). The molecule has 14 heavy (non-hydrogen) atoms. The summed E-state index contributed by atoms with van der Waals surface area (Å²) in [5.74, 6) is -0.00347. The number of aryl methyl sites for hydroxylation is 2. The molecule has 0 heterocycles. The SMILES string of the molecule is Cc1cc(C)cc(C(=O)NCCBr)c1. The van der Waals surface area contributed by atoms with Crippen LogP contribution in [0.5, 0.6) is 0 Å². The van der Waals surface area contributed by atoms with Gasteiger partial charge in [0.15, 0.2) is 0 Å². The van der Waals surface area contributed by atoms with E-state index in [1.807, 2.05) is 26.0 Å². The molecular formula is C11H14BrNO. The largest absolute Gasteiger partial charge is 0.351 e. The topological polar surface area (TPSA) is 29.1 Å². The van der Waals surface area contributed by atoms with Crippen molar-refractivity contribution >= 4 is 21.8 Å². The van der Waals surface area contributed by atoms with E-state index in [4.69, 9.17) is 0 Å². The number of alkyl halides is 1. The normalized spacial score (nSPS) is 9.93. The molecule has 3 heteroatoms. The number of carbonyl (C=O) groups is 1. The van der Waals surface area contributed by atoms with Crippen molar-refractivity contribution in [2.75, 3.05) is 11.9 Å². The Morgan fingerprint density at radius 2 is 1.86 bits per heavy atom. The average molecular weight is 256 g/mol. The van der Waals surface area contributed by atoms with Crippen molar-refractivity contribution in [1.29, 1.82) is 0 Å². The molecule has 0 unspecified atom stereocenters. The van der Waals surface area contributed by atoms with Gasteiger partial charge in [0.2, 0.25) is 0 Å². The molecule has 0 aromatic heterocycles. The molecule has 2 nitrogen and oxygen atoms in total. The summed E-state index contributed by atoms with van der Waals surface area (Å²) in [5, 5.41) is 3.60. The van der Waals surface area contributed by atoms with Crippen LogP contribution in [0, 0.1) is 13.8 Å². The molecule has 0 saturated heterocycles. The van der Waals surface area contributed by atoms with E-state index in [-0.39, 0.29) is 5.91 Å². The van der Waals surface area contributed by atoms with E-state index in [9.17, 15) is 4.79 Å². The van der Waals surface area contributed by atoms with Gasteiger partial charge in [-0.1, -0.05) is 33.1 Å². The minimum absolute atomic E-state index is 0.00347. The molecule has 0 aliphatic carbocycles. The molecule has 0 aliphatic heterocycles. The zero-order valence-corrected chi connectivity index (χ0v) is 10.0. The highest BCUT2D eigenvalue weighted by Crippen LogP contribution is 2.08. The maximum atomic E-state index is 11.6. The van der Waals surface area contributed by atoms with E-state index in [0.29, 0.717) is 6.54 Å². The highest BCUT2D eigenvalue weighted by Gasteiger charge is 2.04. The predicted molar refractivity (Wildman–Crippen MR) is 62.0 cm³/mol. The van der Waals surface area contributed by atoms with Gasteiger partial charge in [-0.15, -0.1) is 0 Å². The number of rotatable bonds is 3. The molecule has 0 radical (unpaired) electrons. The lowest BCUT2D eigenvalue weighted by Gasteiger charge is -2.05. The molecule has 1 aromatic carbocycles. The first kappa shape index (κ1) is 11.2. The number of hydrogen-bond acceptors (Lipinski definition) is 1. The van der Waals surface area contributed by atoms with Gasteiger partial charge < -0.3 is 5.32 Å². The minimum atomic E-state index is -0.00347. The Balaban J connectivity index is 2.79. The van der Waals surface area contributed by atoms with Crippen molar-refractivity contribution in [3.63, 3.8) is 0 Å². The predicted octanol–water partition coefficient (Wildman–Crippen LogP) is 2.43. The third-order valence-electron chi connectivity index (χ3n) is 1.86. The fourth-order valence-corrected chi connectivity index (χ4v) is 1.57. The van der Waals surface area contributed by atoms with Crippen LogP contribution in [0.15, 0.2) is 18.2 Å². The molecule has 0 spiro atoms. The molecule has 0 bridgehead atoms. The second-order valence-corrected chi connectivity index (χ2v) is 4.11. The fourth-order valence-electron chi connectivity index (χ4n) is 1.37. The molecule has 76 valence electrons. The summed E-state index contributed by atoms with van der Waals surface area (Å²) in [6, 6.07) is 5.86. The minimum Gasteiger partial charge on any atom is -0.351 e. The summed E-state index contributed by atoms with van der Waals surface area (Å²) in [6.45, 7) is 4.65. The van der Waals surface area contributed by atoms with Crippen LogP contribution in [-0.4, -0.2) is 17.8 Å². The number of nitrogens with one attached hydrogen (secondary N) is 1. The number of benzene rings is 1. The first-order chi connectivity index (χ1) is 6.63. The quantitative estimate of drug-likeness (QED) is 0.827.